The minimum Gasteiger partial charge on any atom is -0.497 e. The highest BCUT2D eigenvalue weighted by Crippen LogP contribution is 2.16. The molecule has 0 bridgehead atoms. The molecule has 6 nitrogen and oxygen atoms in total. The highest BCUT2D eigenvalue weighted by molar-refractivity contribution is 6.39. The van der Waals surface area contributed by atoms with E-state index in [2.05, 4.69) is 10.6 Å². The van der Waals surface area contributed by atoms with E-state index in [1.165, 1.54) is 7.11 Å². The van der Waals surface area contributed by atoms with Crippen LogP contribution < -0.4 is 15.4 Å². The van der Waals surface area contributed by atoms with E-state index in [4.69, 9.17) is 9.84 Å². The Kier molecular flexibility index (Phi) is 4.96. The van der Waals surface area contributed by atoms with Crippen LogP contribution in [0.5, 0.6) is 5.75 Å². The molecule has 0 unspecified atom stereocenters. The fourth-order valence-corrected chi connectivity index (χ4v) is 1.14. The summed E-state index contributed by atoms with van der Waals surface area (Å²) in [6.07, 6.45) is 0. The Hall–Kier alpha value is -2.08. The molecule has 17 heavy (non-hydrogen) atoms. The number of methoxy groups -OCH3 is 1. The second kappa shape index (κ2) is 6.49. The lowest BCUT2D eigenvalue weighted by molar-refractivity contribution is -0.136. The van der Waals surface area contributed by atoms with E-state index >= 15 is 0 Å². The molecule has 0 atom stereocenters. The van der Waals surface area contributed by atoms with Crippen molar-refractivity contribution >= 4 is 17.5 Å². The number of carbonyl (C=O) groups is 2. The minimum atomic E-state index is -0.790. The van der Waals surface area contributed by atoms with Crippen molar-refractivity contribution in [2.45, 2.75) is 0 Å². The molecule has 0 aliphatic heterocycles. The molecular weight excluding hydrogens is 224 g/mol. The van der Waals surface area contributed by atoms with Gasteiger partial charge < -0.3 is 20.5 Å². The minimum absolute atomic E-state index is 0.0460. The molecule has 1 rings (SSSR count). The maximum atomic E-state index is 11.4. The van der Waals surface area contributed by atoms with Gasteiger partial charge in [0.25, 0.3) is 0 Å². The van der Waals surface area contributed by atoms with Gasteiger partial charge in [-0.1, -0.05) is 6.07 Å². The first-order valence-electron chi connectivity index (χ1n) is 5.01. The average Bonchev–Trinajstić information content (AvgIpc) is 2.36. The number of aliphatic hydroxyl groups excluding tert-OH is 1. The predicted octanol–water partition coefficient (Wildman–Crippen LogP) is -0.258. The second-order valence-corrected chi connectivity index (χ2v) is 3.17. The van der Waals surface area contributed by atoms with Gasteiger partial charge in [0.2, 0.25) is 0 Å². The number of aliphatic hydroxyl groups is 1. The molecule has 0 saturated carbocycles. The molecule has 0 spiro atoms. The number of anilines is 1. The van der Waals surface area contributed by atoms with Gasteiger partial charge in [-0.15, -0.1) is 0 Å². The van der Waals surface area contributed by atoms with Gasteiger partial charge in [0.15, 0.2) is 0 Å². The zero-order chi connectivity index (χ0) is 12.7. The van der Waals surface area contributed by atoms with Crippen molar-refractivity contribution in [3.05, 3.63) is 24.3 Å². The molecule has 2 amide bonds. The molecule has 0 aliphatic rings. The summed E-state index contributed by atoms with van der Waals surface area (Å²) in [6.45, 7) is -0.164. The zero-order valence-corrected chi connectivity index (χ0v) is 9.40. The van der Waals surface area contributed by atoms with Crippen LogP contribution in [0.2, 0.25) is 0 Å². The summed E-state index contributed by atoms with van der Waals surface area (Å²) in [5.41, 5.74) is 0.466. The van der Waals surface area contributed by atoms with Crippen molar-refractivity contribution in [3.8, 4) is 5.75 Å². The number of ether oxygens (including phenoxy) is 1. The molecule has 0 aromatic heterocycles. The smallest absolute Gasteiger partial charge is 0.313 e. The lowest BCUT2D eigenvalue weighted by atomic mass is 10.3. The van der Waals surface area contributed by atoms with Crippen LogP contribution in [0.15, 0.2) is 24.3 Å². The molecule has 1 aromatic rings. The van der Waals surface area contributed by atoms with Crippen LogP contribution in [0.4, 0.5) is 5.69 Å². The molecule has 0 fully saturated rings. The maximum absolute atomic E-state index is 11.4. The normalized spacial score (nSPS) is 9.53. The quantitative estimate of drug-likeness (QED) is 0.631. The third kappa shape index (κ3) is 4.12. The topological polar surface area (TPSA) is 87.7 Å². The number of hydrogen-bond donors (Lipinski definition) is 3. The van der Waals surface area contributed by atoms with Crippen LogP contribution in [-0.4, -0.2) is 37.2 Å². The Labute approximate surface area is 98.6 Å². The van der Waals surface area contributed by atoms with E-state index < -0.39 is 11.8 Å². The van der Waals surface area contributed by atoms with Crippen molar-refractivity contribution in [1.29, 1.82) is 0 Å². The maximum Gasteiger partial charge on any atom is 0.313 e. The van der Waals surface area contributed by atoms with E-state index in [1.54, 1.807) is 24.3 Å². The van der Waals surface area contributed by atoms with Gasteiger partial charge >= 0.3 is 11.8 Å². The number of rotatable bonds is 4. The van der Waals surface area contributed by atoms with Gasteiger partial charge in [-0.05, 0) is 12.1 Å². The first-order chi connectivity index (χ1) is 8.17. The molecule has 1 aromatic carbocycles. The Balaban J connectivity index is 2.58. The van der Waals surface area contributed by atoms with Crippen LogP contribution in [0, 0.1) is 0 Å². The van der Waals surface area contributed by atoms with Gasteiger partial charge in [0, 0.05) is 18.3 Å². The Morgan fingerprint density at radius 2 is 2.12 bits per heavy atom. The van der Waals surface area contributed by atoms with Crippen LogP contribution in [-0.2, 0) is 9.59 Å². The molecule has 0 radical (unpaired) electrons. The fraction of sp³-hybridized carbons (Fsp3) is 0.273. The second-order valence-electron chi connectivity index (χ2n) is 3.17. The van der Waals surface area contributed by atoms with E-state index in [-0.39, 0.29) is 13.2 Å². The Bertz CT molecular complexity index is 406. The third-order valence-electron chi connectivity index (χ3n) is 1.93. The monoisotopic (exact) mass is 238 g/mol. The molecular formula is C11H14N2O4. The summed E-state index contributed by atoms with van der Waals surface area (Å²) >= 11 is 0. The Morgan fingerprint density at radius 1 is 1.35 bits per heavy atom. The Morgan fingerprint density at radius 3 is 2.76 bits per heavy atom. The van der Waals surface area contributed by atoms with E-state index in [1.807, 2.05) is 0 Å². The predicted molar refractivity (Wildman–Crippen MR) is 61.7 cm³/mol. The molecule has 0 aliphatic carbocycles. The molecule has 92 valence electrons. The number of carbonyl (C=O) groups excluding carboxylic acids is 2. The van der Waals surface area contributed by atoms with Gasteiger partial charge in [0.05, 0.1) is 13.7 Å². The standard InChI is InChI=1S/C11H14N2O4/c1-17-9-4-2-3-8(7-9)13-11(16)10(15)12-5-6-14/h2-4,7,14H,5-6H2,1H3,(H,12,15)(H,13,16). The third-order valence-corrected chi connectivity index (χ3v) is 1.93. The van der Waals surface area contributed by atoms with Gasteiger partial charge in [-0.3, -0.25) is 9.59 Å². The number of hydrogen-bond acceptors (Lipinski definition) is 4. The fourth-order valence-electron chi connectivity index (χ4n) is 1.14. The summed E-state index contributed by atoms with van der Waals surface area (Å²) in [7, 11) is 1.51. The van der Waals surface area contributed by atoms with Crippen LogP contribution in [0.3, 0.4) is 0 Å². The summed E-state index contributed by atoms with van der Waals surface area (Å²) < 4.78 is 4.98. The number of nitrogens with one attached hydrogen (secondary N) is 2. The van der Waals surface area contributed by atoms with Gasteiger partial charge in [-0.2, -0.15) is 0 Å². The molecule has 6 heteroatoms. The zero-order valence-electron chi connectivity index (χ0n) is 9.40. The van der Waals surface area contributed by atoms with Gasteiger partial charge in [0.1, 0.15) is 5.75 Å². The molecule has 0 heterocycles. The number of amides is 2. The SMILES string of the molecule is COc1cccc(NC(=O)C(=O)NCCO)c1. The van der Waals surface area contributed by atoms with Crippen LogP contribution in [0.25, 0.3) is 0 Å². The summed E-state index contributed by atoms with van der Waals surface area (Å²) in [4.78, 5) is 22.6. The van der Waals surface area contributed by atoms with Crippen molar-refractivity contribution < 1.29 is 19.4 Å². The van der Waals surface area contributed by atoms with Crippen molar-refractivity contribution in [2.75, 3.05) is 25.6 Å². The summed E-state index contributed by atoms with van der Waals surface area (Å²) in [5.74, 6) is -0.993. The average molecular weight is 238 g/mol. The van der Waals surface area contributed by atoms with E-state index in [0.717, 1.165) is 0 Å². The van der Waals surface area contributed by atoms with Crippen molar-refractivity contribution in [3.63, 3.8) is 0 Å². The lowest BCUT2D eigenvalue weighted by Gasteiger charge is -2.06. The summed E-state index contributed by atoms with van der Waals surface area (Å²) in [5, 5.41) is 13.2. The summed E-state index contributed by atoms with van der Waals surface area (Å²) in [6, 6.07) is 6.65. The highest BCUT2D eigenvalue weighted by Gasteiger charge is 2.12. The van der Waals surface area contributed by atoms with E-state index in [9.17, 15) is 9.59 Å². The van der Waals surface area contributed by atoms with Crippen molar-refractivity contribution in [1.82, 2.24) is 5.32 Å². The largest absolute Gasteiger partial charge is 0.497 e. The van der Waals surface area contributed by atoms with Crippen molar-refractivity contribution in [2.24, 2.45) is 0 Å². The van der Waals surface area contributed by atoms with Crippen LogP contribution >= 0.6 is 0 Å². The lowest BCUT2D eigenvalue weighted by Crippen LogP contribution is -2.36. The van der Waals surface area contributed by atoms with E-state index in [0.29, 0.717) is 11.4 Å². The molecule has 0 saturated heterocycles. The van der Waals surface area contributed by atoms with Crippen LogP contribution in [0.1, 0.15) is 0 Å². The van der Waals surface area contributed by atoms with Gasteiger partial charge in [-0.25, -0.2) is 0 Å². The molecule has 3 N–H and O–H groups in total. The number of benzene rings is 1. The highest BCUT2D eigenvalue weighted by atomic mass is 16.5. The first kappa shape index (κ1) is 13.0. The first-order valence-corrected chi connectivity index (χ1v) is 5.01.